The minimum Gasteiger partial charge on any atom is -0.378 e. The molecule has 1 saturated heterocycles. The van der Waals surface area contributed by atoms with E-state index in [-0.39, 0.29) is 19.8 Å². The molecule has 1 aliphatic rings. The van der Waals surface area contributed by atoms with Crippen LogP contribution >= 0.6 is 11.6 Å². The van der Waals surface area contributed by atoms with Crippen LogP contribution in [0.2, 0.25) is 0 Å². The van der Waals surface area contributed by atoms with Gasteiger partial charge < -0.3 is 10.5 Å². The number of morpholine rings is 1. The van der Waals surface area contributed by atoms with E-state index in [0.29, 0.717) is 0 Å². The zero-order chi connectivity index (χ0) is 10.8. The molecule has 0 aliphatic carbocycles. The SMILES string of the molecule is NC(=O)C1COCCN1S(=O)(=O)CCl. The molecule has 1 unspecified atom stereocenters. The van der Waals surface area contributed by atoms with E-state index in [1.54, 1.807) is 0 Å². The molecule has 0 aromatic heterocycles. The molecule has 0 radical (unpaired) electrons. The lowest BCUT2D eigenvalue weighted by atomic mass is 10.3. The average molecular weight is 243 g/mol. The van der Waals surface area contributed by atoms with Gasteiger partial charge in [-0.25, -0.2) is 8.42 Å². The maximum atomic E-state index is 11.4. The minimum absolute atomic E-state index is 0.00848. The van der Waals surface area contributed by atoms with Gasteiger partial charge in [-0.05, 0) is 0 Å². The highest BCUT2D eigenvalue weighted by Gasteiger charge is 2.35. The largest absolute Gasteiger partial charge is 0.378 e. The van der Waals surface area contributed by atoms with Gasteiger partial charge in [0.2, 0.25) is 15.9 Å². The number of carbonyl (C=O) groups excluding carboxylic acids is 1. The molecule has 0 aromatic carbocycles. The van der Waals surface area contributed by atoms with Crippen LogP contribution in [-0.4, -0.2) is 49.6 Å². The van der Waals surface area contributed by atoms with Crippen LogP contribution in [0.1, 0.15) is 0 Å². The maximum absolute atomic E-state index is 11.4. The fraction of sp³-hybridized carbons (Fsp3) is 0.833. The van der Waals surface area contributed by atoms with Crippen molar-refractivity contribution in [3.05, 3.63) is 0 Å². The van der Waals surface area contributed by atoms with E-state index in [4.69, 9.17) is 22.1 Å². The van der Waals surface area contributed by atoms with Gasteiger partial charge in [0.05, 0.1) is 13.2 Å². The van der Waals surface area contributed by atoms with Gasteiger partial charge in [0.1, 0.15) is 11.3 Å². The monoisotopic (exact) mass is 242 g/mol. The summed E-state index contributed by atoms with van der Waals surface area (Å²) in [7, 11) is -3.60. The third-order valence-corrected chi connectivity index (χ3v) is 4.16. The van der Waals surface area contributed by atoms with Gasteiger partial charge in [0.25, 0.3) is 0 Å². The molecule has 0 aromatic rings. The van der Waals surface area contributed by atoms with Crippen molar-refractivity contribution in [1.29, 1.82) is 0 Å². The maximum Gasteiger partial charge on any atom is 0.238 e. The molecular weight excluding hydrogens is 232 g/mol. The van der Waals surface area contributed by atoms with Crippen molar-refractivity contribution in [2.75, 3.05) is 25.0 Å². The Morgan fingerprint density at radius 1 is 1.64 bits per heavy atom. The zero-order valence-electron chi connectivity index (χ0n) is 7.35. The van der Waals surface area contributed by atoms with Crippen molar-refractivity contribution in [3.63, 3.8) is 0 Å². The van der Waals surface area contributed by atoms with Gasteiger partial charge in [0.15, 0.2) is 0 Å². The van der Waals surface area contributed by atoms with Crippen molar-refractivity contribution < 1.29 is 17.9 Å². The Labute approximate surface area is 87.0 Å². The number of primary amides is 1. The number of hydrogen-bond donors (Lipinski definition) is 1. The van der Waals surface area contributed by atoms with Crippen molar-refractivity contribution in [1.82, 2.24) is 4.31 Å². The van der Waals surface area contributed by atoms with E-state index in [1.165, 1.54) is 0 Å². The van der Waals surface area contributed by atoms with Crippen molar-refractivity contribution in [3.8, 4) is 0 Å². The molecule has 1 fully saturated rings. The van der Waals surface area contributed by atoms with Gasteiger partial charge in [-0.15, -0.1) is 11.6 Å². The second-order valence-corrected chi connectivity index (χ2v) is 5.33. The molecule has 82 valence electrons. The summed E-state index contributed by atoms with van der Waals surface area (Å²) in [5.41, 5.74) is 5.04. The molecule has 0 bridgehead atoms. The summed E-state index contributed by atoms with van der Waals surface area (Å²) in [6.07, 6.45) is 0. The molecule has 1 aliphatic heterocycles. The Bertz CT molecular complexity index is 318. The summed E-state index contributed by atoms with van der Waals surface area (Å²) in [6, 6.07) is -0.938. The van der Waals surface area contributed by atoms with Crippen LogP contribution in [0.15, 0.2) is 0 Å². The Morgan fingerprint density at radius 3 is 2.79 bits per heavy atom. The normalized spacial score (nSPS) is 24.8. The fourth-order valence-corrected chi connectivity index (χ4v) is 2.61. The third kappa shape index (κ3) is 2.35. The predicted molar refractivity (Wildman–Crippen MR) is 50.1 cm³/mol. The first-order chi connectivity index (χ1) is 6.49. The second kappa shape index (κ2) is 4.43. The van der Waals surface area contributed by atoms with Gasteiger partial charge in [-0.2, -0.15) is 4.31 Å². The summed E-state index contributed by atoms with van der Waals surface area (Å²) < 4.78 is 28.8. The van der Waals surface area contributed by atoms with E-state index >= 15 is 0 Å². The molecule has 2 N–H and O–H groups in total. The topological polar surface area (TPSA) is 89.7 Å². The van der Waals surface area contributed by atoms with Crippen LogP contribution in [0.25, 0.3) is 0 Å². The van der Waals surface area contributed by atoms with Crippen molar-refractivity contribution >= 4 is 27.5 Å². The minimum atomic E-state index is -3.60. The molecular formula is C6H11ClN2O4S. The number of amides is 1. The lowest BCUT2D eigenvalue weighted by molar-refractivity contribution is -0.125. The third-order valence-electron chi connectivity index (χ3n) is 1.90. The summed E-state index contributed by atoms with van der Waals surface area (Å²) in [5, 5.41) is -0.559. The Balaban J connectivity index is 2.88. The number of rotatable bonds is 3. The molecule has 1 amide bonds. The Morgan fingerprint density at radius 2 is 2.29 bits per heavy atom. The van der Waals surface area contributed by atoms with E-state index < -0.39 is 27.2 Å². The number of nitrogens with zero attached hydrogens (tertiary/aromatic N) is 1. The number of halogens is 1. The first-order valence-corrected chi connectivity index (χ1v) is 6.06. The fourth-order valence-electron chi connectivity index (χ4n) is 1.21. The molecule has 1 atom stereocenters. The Kier molecular flexibility index (Phi) is 3.71. The smallest absolute Gasteiger partial charge is 0.238 e. The number of alkyl halides is 1. The second-order valence-electron chi connectivity index (χ2n) is 2.82. The van der Waals surface area contributed by atoms with Crippen LogP contribution in [-0.2, 0) is 19.6 Å². The van der Waals surface area contributed by atoms with Gasteiger partial charge in [-0.1, -0.05) is 0 Å². The average Bonchev–Trinajstić information content (AvgIpc) is 2.18. The van der Waals surface area contributed by atoms with Crippen LogP contribution in [0.4, 0.5) is 0 Å². The van der Waals surface area contributed by atoms with Gasteiger partial charge in [-0.3, -0.25) is 4.79 Å². The highest BCUT2D eigenvalue weighted by atomic mass is 35.5. The quantitative estimate of drug-likeness (QED) is 0.623. The number of nitrogens with two attached hydrogens (primary N) is 1. The highest BCUT2D eigenvalue weighted by Crippen LogP contribution is 2.13. The number of hydrogen-bond acceptors (Lipinski definition) is 4. The standard InChI is InChI=1S/C6H11ClN2O4S/c7-4-14(11,12)9-1-2-13-3-5(9)6(8)10/h5H,1-4H2,(H2,8,10). The molecule has 6 nitrogen and oxygen atoms in total. The van der Waals surface area contributed by atoms with Crippen LogP contribution in [0, 0.1) is 0 Å². The highest BCUT2D eigenvalue weighted by molar-refractivity contribution is 7.90. The predicted octanol–water partition coefficient (Wildman–Crippen LogP) is -1.30. The van der Waals surface area contributed by atoms with Crippen LogP contribution < -0.4 is 5.73 Å². The summed E-state index contributed by atoms with van der Waals surface area (Å²) in [4.78, 5) is 10.9. The van der Waals surface area contributed by atoms with E-state index in [0.717, 1.165) is 4.31 Å². The number of sulfonamides is 1. The van der Waals surface area contributed by atoms with E-state index in [9.17, 15) is 13.2 Å². The molecule has 1 rings (SSSR count). The first-order valence-electron chi connectivity index (χ1n) is 3.91. The van der Waals surface area contributed by atoms with E-state index in [1.807, 2.05) is 0 Å². The molecule has 0 saturated carbocycles. The Hall–Kier alpha value is -0.370. The molecule has 14 heavy (non-hydrogen) atoms. The van der Waals surface area contributed by atoms with Crippen molar-refractivity contribution in [2.45, 2.75) is 6.04 Å². The van der Waals surface area contributed by atoms with Gasteiger partial charge in [0, 0.05) is 6.54 Å². The van der Waals surface area contributed by atoms with Crippen LogP contribution in [0.5, 0.6) is 0 Å². The van der Waals surface area contributed by atoms with Crippen LogP contribution in [0.3, 0.4) is 0 Å². The molecule has 1 heterocycles. The van der Waals surface area contributed by atoms with E-state index in [2.05, 4.69) is 0 Å². The number of ether oxygens (including phenoxy) is 1. The number of carbonyl (C=O) groups is 1. The van der Waals surface area contributed by atoms with Crippen molar-refractivity contribution in [2.24, 2.45) is 5.73 Å². The zero-order valence-corrected chi connectivity index (χ0v) is 8.92. The lowest BCUT2D eigenvalue weighted by Gasteiger charge is -2.31. The summed E-state index contributed by atoms with van der Waals surface area (Å²) in [5.74, 6) is -0.724. The first kappa shape index (κ1) is 11.7. The lowest BCUT2D eigenvalue weighted by Crippen LogP contribution is -2.54. The summed E-state index contributed by atoms with van der Waals surface area (Å²) in [6.45, 7) is 0.355. The molecule has 8 heteroatoms. The van der Waals surface area contributed by atoms with Gasteiger partial charge >= 0.3 is 0 Å². The summed E-state index contributed by atoms with van der Waals surface area (Å²) >= 11 is 5.27. The molecule has 0 spiro atoms.